The van der Waals surface area contributed by atoms with Gasteiger partial charge in [-0.05, 0) is 42.7 Å². The molecule has 0 bridgehead atoms. The summed E-state index contributed by atoms with van der Waals surface area (Å²) in [4.78, 5) is 28.5. The zero-order chi connectivity index (χ0) is 20.8. The van der Waals surface area contributed by atoms with Crippen molar-refractivity contribution in [2.24, 2.45) is 0 Å². The van der Waals surface area contributed by atoms with Crippen molar-refractivity contribution in [3.63, 3.8) is 0 Å². The Labute approximate surface area is 174 Å². The lowest BCUT2D eigenvalue weighted by atomic mass is 9.77. The van der Waals surface area contributed by atoms with E-state index in [1.165, 1.54) is 0 Å². The number of Topliss-reactive ketones (excluding diaryl/α,β-unsaturated/α-hetero) is 1. The van der Waals surface area contributed by atoms with Gasteiger partial charge < -0.3 is 10.2 Å². The molecule has 5 rings (SSSR count). The predicted octanol–water partition coefficient (Wildman–Crippen LogP) is 3.80. The van der Waals surface area contributed by atoms with Gasteiger partial charge in [-0.15, -0.1) is 0 Å². The molecule has 0 unspecified atom stereocenters. The Bertz CT molecular complexity index is 1200. The number of allylic oxidation sites excluding steroid dienone is 2. The van der Waals surface area contributed by atoms with Gasteiger partial charge in [0.25, 0.3) is 5.56 Å². The van der Waals surface area contributed by atoms with Gasteiger partial charge in [0, 0.05) is 43.4 Å². The van der Waals surface area contributed by atoms with Crippen molar-refractivity contribution in [3.05, 3.63) is 87.3 Å². The molecule has 1 aliphatic carbocycles. The van der Waals surface area contributed by atoms with E-state index in [2.05, 4.69) is 10.4 Å². The summed E-state index contributed by atoms with van der Waals surface area (Å²) >= 11 is 0. The summed E-state index contributed by atoms with van der Waals surface area (Å²) in [6.45, 7) is 0. The number of H-pyrrole nitrogens is 1. The van der Waals surface area contributed by atoms with Gasteiger partial charge in [0.15, 0.2) is 5.78 Å². The van der Waals surface area contributed by atoms with Crippen LogP contribution in [0.1, 0.15) is 36.3 Å². The van der Waals surface area contributed by atoms with E-state index in [4.69, 9.17) is 0 Å². The Balaban J connectivity index is 1.71. The van der Waals surface area contributed by atoms with Gasteiger partial charge in [0.2, 0.25) is 0 Å². The molecule has 152 valence electrons. The zero-order valence-electron chi connectivity index (χ0n) is 17.1. The predicted molar refractivity (Wildman–Crippen MR) is 119 cm³/mol. The van der Waals surface area contributed by atoms with Crippen molar-refractivity contribution in [1.82, 2.24) is 9.78 Å². The maximum absolute atomic E-state index is 13.5. The molecule has 0 saturated heterocycles. The fourth-order valence-corrected chi connectivity index (χ4v) is 4.49. The van der Waals surface area contributed by atoms with E-state index in [0.29, 0.717) is 17.8 Å². The Morgan fingerprint density at radius 2 is 1.70 bits per heavy atom. The summed E-state index contributed by atoms with van der Waals surface area (Å²) in [6, 6.07) is 17.6. The Morgan fingerprint density at radius 3 is 2.40 bits per heavy atom. The van der Waals surface area contributed by atoms with Gasteiger partial charge in [-0.3, -0.25) is 14.7 Å². The molecule has 1 aromatic heterocycles. The number of ketones is 1. The Hall–Kier alpha value is -3.54. The van der Waals surface area contributed by atoms with E-state index in [1.54, 1.807) is 4.68 Å². The second-order valence-corrected chi connectivity index (χ2v) is 8.09. The number of benzene rings is 2. The highest BCUT2D eigenvalue weighted by Crippen LogP contribution is 2.43. The first-order valence-corrected chi connectivity index (χ1v) is 10.3. The molecule has 0 fully saturated rings. The third-order valence-corrected chi connectivity index (χ3v) is 5.99. The largest absolute Gasteiger partial charge is 0.378 e. The van der Waals surface area contributed by atoms with E-state index < -0.39 is 0 Å². The number of hydrogen-bond donors (Lipinski definition) is 2. The molecule has 0 radical (unpaired) electrons. The van der Waals surface area contributed by atoms with Crippen LogP contribution in [0, 0.1) is 0 Å². The van der Waals surface area contributed by atoms with Crippen LogP contribution in [0.15, 0.2) is 70.7 Å². The molecule has 2 aliphatic rings. The quantitative estimate of drug-likeness (QED) is 0.702. The number of carbonyl (C=O) groups is 1. The van der Waals surface area contributed by atoms with Gasteiger partial charge in [-0.2, -0.15) is 0 Å². The van der Waals surface area contributed by atoms with Gasteiger partial charge >= 0.3 is 0 Å². The summed E-state index contributed by atoms with van der Waals surface area (Å²) < 4.78 is 1.56. The molecular formula is C24H24N4O2. The molecule has 0 amide bonds. The van der Waals surface area contributed by atoms with Crippen LogP contribution in [0.3, 0.4) is 0 Å². The molecule has 2 N–H and O–H groups in total. The van der Waals surface area contributed by atoms with Gasteiger partial charge in [0.1, 0.15) is 5.82 Å². The summed E-state index contributed by atoms with van der Waals surface area (Å²) in [6.07, 6.45) is 2.17. The molecule has 1 atom stereocenters. The van der Waals surface area contributed by atoms with Crippen molar-refractivity contribution in [1.29, 1.82) is 0 Å². The van der Waals surface area contributed by atoms with Crippen molar-refractivity contribution in [2.45, 2.75) is 25.2 Å². The molecule has 0 spiro atoms. The van der Waals surface area contributed by atoms with Crippen LogP contribution >= 0.6 is 0 Å². The van der Waals surface area contributed by atoms with Gasteiger partial charge in [0.05, 0.1) is 11.3 Å². The molecular weight excluding hydrogens is 376 g/mol. The molecule has 6 heteroatoms. The molecule has 3 aromatic rings. The topological polar surface area (TPSA) is 70.1 Å². The van der Waals surface area contributed by atoms with Crippen LogP contribution < -0.4 is 15.8 Å². The third-order valence-electron chi connectivity index (χ3n) is 5.99. The number of hydrogen-bond acceptors (Lipinski definition) is 4. The summed E-state index contributed by atoms with van der Waals surface area (Å²) in [7, 11) is 3.99. The first-order valence-electron chi connectivity index (χ1n) is 10.3. The van der Waals surface area contributed by atoms with Gasteiger partial charge in [-0.25, -0.2) is 4.68 Å². The number of para-hydroxylation sites is 1. The second-order valence-electron chi connectivity index (χ2n) is 8.09. The summed E-state index contributed by atoms with van der Waals surface area (Å²) in [5.41, 5.74) is 4.95. The number of fused-ring (bicyclic) bond motifs is 1. The number of aromatic nitrogens is 2. The Kier molecular flexibility index (Phi) is 4.35. The van der Waals surface area contributed by atoms with E-state index >= 15 is 0 Å². The van der Waals surface area contributed by atoms with Crippen LogP contribution in [0.4, 0.5) is 11.5 Å². The zero-order valence-corrected chi connectivity index (χ0v) is 17.1. The highest BCUT2D eigenvalue weighted by Gasteiger charge is 2.38. The fraction of sp³-hybridized carbons (Fsp3) is 0.250. The minimum absolute atomic E-state index is 0.128. The first kappa shape index (κ1) is 18.5. The average molecular weight is 400 g/mol. The first-order chi connectivity index (χ1) is 14.5. The summed E-state index contributed by atoms with van der Waals surface area (Å²) in [5, 5.41) is 6.60. The summed E-state index contributed by atoms with van der Waals surface area (Å²) in [5.74, 6) is 0.441. The van der Waals surface area contributed by atoms with Crippen molar-refractivity contribution in [3.8, 4) is 5.69 Å². The highest BCUT2D eigenvalue weighted by molar-refractivity contribution is 6.00. The number of rotatable bonds is 3. The van der Waals surface area contributed by atoms with Crippen LogP contribution in [-0.2, 0) is 4.79 Å². The number of carbonyl (C=O) groups excluding carboxylic acids is 1. The van der Waals surface area contributed by atoms with Gasteiger partial charge in [-0.1, -0.05) is 30.3 Å². The lowest BCUT2D eigenvalue weighted by Crippen LogP contribution is -2.29. The molecule has 6 nitrogen and oxygen atoms in total. The molecule has 0 saturated carbocycles. The standard InChI is InChI=1S/C24H24N4O2/c1-27(2)16-13-11-15(12-14-16)20-21-18(9-6-10-19(21)29)25-23-22(20)24(30)28(26-23)17-7-4-3-5-8-17/h3-5,7-8,11-14,20,25-26H,6,9-10H2,1-2H3/t20-/m0/s1. The van der Waals surface area contributed by atoms with Crippen molar-refractivity contribution < 1.29 is 4.79 Å². The molecule has 2 aromatic carbocycles. The van der Waals surface area contributed by atoms with E-state index in [9.17, 15) is 9.59 Å². The minimum Gasteiger partial charge on any atom is -0.378 e. The van der Waals surface area contributed by atoms with Crippen LogP contribution in [0.5, 0.6) is 0 Å². The number of nitrogens with zero attached hydrogens (tertiary/aromatic N) is 2. The second kappa shape index (κ2) is 7.06. The normalized spacial score (nSPS) is 17.9. The fourth-order valence-electron chi connectivity index (χ4n) is 4.49. The van der Waals surface area contributed by atoms with Crippen molar-refractivity contribution in [2.75, 3.05) is 24.3 Å². The SMILES string of the molecule is CN(C)c1ccc([C@H]2C3=C(CCCC3=O)Nc3[nH]n(-c4ccccc4)c(=O)c32)cc1. The lowest BCUT2D eigenvalue weighted by molar-refractivity contribution is -0.116. The highest BCUT2D eigenvalue weighted by atomic mass is 16.1. The maximum Gasteiger partial charge on any atom is 0.277 e. The maximum atomic E-state index is 13.5. The van der Waals surface area contributed by atoms with E-state index in [-0.39, 0.29) is 17.3 Å². The number of anilines is 2. The monoisotopic (exact) mass is 400 g/mol. The molecule has 30 heavy (non-hydrogen) atoms. The number of aromatic amines is 1. The third kappa shape index (κ3) is 2.87. The lowest BCUT2D eigenvalue weighted by Gasteiger charge is -2.31. The van der Waals surface area contributed by atoms with Crippen LogP contribution in [0.25, 0.3) is 5.69 Å². The van der Waals surface area contributed by atoms with E-state index in [1.807, 2.05) is 73.6 Å². The van der Waals surface area contributed by atoms with E-state index in [0.717, 1.165) is 41.1 Å². The Morgan fingerprint density at radius 1 is 0.967 bits per heavy atom. The smallest absolute Gasteiger partial charge is 0.277 e. The molecule has 2 heterocycles. The van der Waals surface area contributed by atoms with Crippen LogP contribution in [-0.4, -0.2) is 29.7 Å². The average Bonchev–Trinajstić information content (AvgIpc) is 3.09. The van der Waals surface area contributed by atoms with Crippen molar-refractivity contribution >= 4 is 17.3 Å². The number of nitrogens with one attached hydrogen (secondary N) is 2. The molecule has 1 aliphatic heterocycles. The minimum atomic E-state index is -0.367. The van der Waals surface area contributed by atoms with Crippen LogP contribution in [0.2, 0.25) is 0 Å².